The number of rotatable bonds is 2. The number of hydrogen-bond donors (Lipinski definition) is 3. The van der Waals surface area contributed by atoms with Crippen LogP contribution in [-0.4, -0.2) is 16.8 Å². The van der Waals surface area contributed by atoms with Gasteiger partial charge >= 0.3 is 0 Å². The van der Waals surface area contributed by atoms with Gasteiger partial charge in [-0.3, -0.25) is 0 Å². The van der Waals surface area contributed by atoms with Crippen LogP contribution in [0.3, 0.4) is 0 Å². The van der Waals surface area contributed by atoms with E-state index >= 15 is 0 Å². The Morgan fingerprint density at radius 3 is 2.50 bits per heavy atom. The van der Waals surface area contributed by atoms with E-state index in [4.69, 9.17) is 10.8 Å². The SMILES string of the molecule is Cc1cc(C(N)CO)c(O)c(F)c1F. The van der Waals surface area contributed by atoms with Crippen molar-refractivity contribution in [3.8, 4) is 5.75 Å². The Bertz CT molecular complexity index is 355. The molecule has 0 aliphatic heterocycles. The summed E-state index contributed by atoms with van der Waals surface area (Å²) in [5.41, 5.74) is 5.43. The number of phenols is 1. The van der Waals surface area contributed by atoms with Gasteiger partial charge in [0.2, 0.25) is 5.82 Å². The van der Waals surface area contributed by atoms with Crippen molar-refractivity contribution in [2.75, 3.05) is 6.61 Å². The highest BCUT2D eigenvalue weighted by atomic mass is 19.2. The number of aromatic hydroxyl groups is 1. The molecule has 1 unspecified atom stereocenters. The maximum atomic E-state index is 13.0. The Morgan fingerprint density at radius 2 is 2.00 bits per heavy atom. The Labute approximate surface area is 79.8 Å². The van der Waals surface area contributed by atoms with Crippen LogP contribution in [0.25, 0.3) is 0 Å². The Balaban J connectivity index is 3.33. The van der Waals surface area contributed by atoms with Gasteiger partial charge in [-0.05, 0) is 18.6 Å². The van der Waals surface area contributed by atoms with Crippen molar-refractivity contribution in [1.82, 2.24) is 0 Å². The zero-order valence-corrected chi connectivity index (χ0v) is 7.59. The van der Waals surface area contributed by atoms with Crippen LogP contribution in [0.15, 0.2) is 6.07 Å². The van der Waals surface area contributed by atoms with E-state index in [1.807, 2.05) is 0 Å². The maximum absolute atomic E-state index is 13.0. The molecule has 1 atom stereocenters. The molecule has 0 bridgehead atoms. The summed E-state index contributed by atoms with van der Waals surface area (Å²) in [6.45, 7) is 0.906. The zero-order valence-electron chi connectivity index (χ0n) is 7.59. The number of nitrogens with two attached hydrogens (primary N) is 1. The van der Waals surface area contributed by atoms with Gasteiger partial charge in [0.15, 0.2) is 11.6 Å². The molecule has 0 saturated heterocycles. The average molecular weight is 203 g/mol. The molecule has 0 aliphatic carbocycles. The lowest BCUT2D eigenvalue weighted by Gasteiger charge is -2.12. The lowest BCUT2D eigenvalue weighted by molar-refractivity contribution is 0.263. The van der Waals surface area contributed by atoms with Gasteiger partial charge in [-0.25, -0.2) is 4.39 Å². The number of halogens is 2. The third kappa shape index (κ3) is 1.69. The highest BCUT2D eigenvalue weighted by molar-refractivity contribution is 5.40. The first-order valence-corrected chi connectivity index (χ1v) is 4.03. The summed E-state index contributed by atoms with van der Waals surface area (Å²) in [5, 5.41) is 17.9. The summed E-state index contributed by atoms with van der Waals surface area (Å²) in [6.07, 6.45) is 0. The van der Waals surface area contributed by atoms with Crippen molar-refractivity contribution >= 4 is 0 Å². The molecule has 1 aromatic rings. The molecule has 78 valence electrons. The fourth-order valence-corrected chi connectivity index (χ4v) is 1.15. The smallest absolute Gasteiger partial charge is 0.200 e. The molecular formula is C9H11F2NO2. The van der Waals surface area contributed by atoms with E-state index in [-0.39, 0.29) is 11.1 Å². The lowest BCUT2D eigenvalue weighted by atomic mass is 10.0. The second-order valence-electron chi connectivity index (χ2n) is 3.05. The molecule has 0 saturated carbocycles. The minimum atomic E-state index is -1.33. The van der Waals surface area contributed by atoms with Crippen LogP contribution >= 0.6 is 0 Å². The maximum Gasteiger partial charge on any atom is 0.200 e. The number of aliphatic hydroxyl groups excluding tert-OH is 1. The Hall–Kier alpha value is -1.20. The van der Waals surface area contributed by atoms with Crippen molar-refractivity contribution < 1.29 is 19.0 Å². The highest BCUT2D eigenvalue weighted by Gasteiger charge is 2.19. The molecule has 1 aromatic carbocycles. The van der Waals surface area contributed by atoms with Crippen molar-refractivity contribution in [1.29, 1.82) is 0 Å². The molecular weight excluding hydrogens is 192 g/mol. The van der Waals surface area contributed by atoms with E-state index in [0.29, 0.717) is 0 Å². The van der Waals surface area contributed by atoms with E-state index in [9.17, 15) is 13.9 Å². The normalized spacial score (nSPS) is 12.9. The third-order valence-corrected chi connectivity index (χ3v) is 1.99. The molecule has 3 nitrogen and oxygen atoms in total. The van der Waals surface area contributed by atoms with Crippen LogP contribution < -0.4 is 5.73 Å². The molecule has 0 spiro atoms. The zero-order chi connectivity index (χ0) is 10.9. The summed E-state index contributed by atoms with van der Waals surface area (Å²) in [4.78, 5) is 0. The molecule has 0 aliphatic rings. The minimum absolute atomic E-state index is 0.00361. The minimum Gasteiger partial charge on any atom is -0.505 e. The van der Waals surface area contributed by atoms with Crippen molar-refractivity contribution in [3.05, 3.63) is 28.8 Å². The molecule has 0 radical (unpaired) electrons. The quantitative estimate of drug-likeness (QED) is 0.671. The molecule has 0 fully saturated rings. The summed E-state index contributed by atoms with van der Waals surface area (Å²) < 4.78 is 25.9. The first kappa shape index (κ1) is 10.9. The van der Waals surface area contributed by atoms with Crippen LogP contribution in [0.1, 0.15) is 17.2 Å². The van der Waals surface area contributed by atoms with Gasteiger partial charge in [-0.1, -0.05) is 0 Å². The van der Waals surface area contributed by atoms with Gasteiger partial charge < -0.3 is 15.9 Å². The van der Waals surface area contributed by atoms with Crippen LogP contribution in [0, 0.1) is 18.6 Å². The molecule has 1 rings (SSSR count). The van der Waals surface area contributed by atoms with Gasteiger partial charge in [0, 0.05) is 5.56 Å². The van der Waals surface area contributed by atoms with Gasteiger partial charge in [-0.15, -0.1) is 0 Å². The van der Waals surface area contributed by atoms with E-state index in [1.54, 1.807) is 0 Å². The standard InChI is InChI=1S/C9H11F2NO2/c1-4-2-5(6(12)3-13)9(14)8(11)7(4)10/h2,6,13-14H,3,12H2,1H3. The van der Waals surface area contributed by atoms with Crippen LogP contribution in [0.2, 0.25) is 0 Å². The van der Waals surface area contributed by atoms with Crippen molar-refractivity contribution in [2.24, 2.45) is 5.73 Å². The fraction of sp³-hybridized carbons (Fsp3) is 0.333. The summed E-state index contributed by atoms with van der Waals surface area (Å²) >= 11 is 0. The van der Waals surface area contributed by atoms with E-state index in [2.05, 4.69) is 0 Å². The van der Waals surface area contributed by atoms with Gasteiger partial charge in [-0.2, -0.15) is 4.39 Å². The second-order valence-corrected chi connectivity index (χ2v) is 3.05. The summed E-state index contributed by atoms with van der Waals surface area (Å²) in [7, 11) is 0. The molecule has 0 heterocycles. The number of phenolic OH excluding ortho intramolecular Hbond substituents is 1. The molecule has 14 heavy (non-hydrogen) atoms. The second kappa shape index (κ2) is 3.89. The first-order valence-electron chi connectivity index (χ1n) is 4.03. The number of benzene rings is 1. The first-order chi connectivity index (χ1) is 6.49. The van der Waals surface area contributed by atoms with Crippen LogP contribution in [0.5, 0.6) is 5.75 Å². The van der Waals surface area contributed by atoms with E-state index in [0.717, 1.165) is 0 Å². The third-order valence-electron chi connectivity index (χ3n) is 1.99. The summed E-state index contributed by atoms with van der Waals surface area (Å²) in [5.74, 6) is -3.27. The van der Waals surface area contributed by atoms with E-state index in [1.165, 1.54) is 13.0 Å². The Morgan fingerprint density at radius 1 is 1.43 bits per heavy atom. The molecule has 0 amide bonds. The number of hydrogen-bond acceptors (Lipinski definition) is 3. The van der Waals surface area contributed by atoms with Crippen LogP contribution in [-0.2, 0) is 0 Å². The molecule has 0 aromatic heterocycles. The van der Waals surface area contributed by atoms with Crippen molar-refractivity contribution in [2.45, 2.75) is 13.0 Å². The van der Waals surface area contributed by atoms with Gasteiger partial charge in [0.1, 0.15) is 0 Å². The van der Waals surface area contributed by atoms with Gasteiger partial charge in [0.25, 0.3) is 0 Å². The number of aliphatic hydroxyl groups is 1. The predicted octanol–water partition coefficient (Wildman–Crippen LogP) is 0.971. The summed E-state index contributed by atoms with van der Waals surface area (Å²) in [6, 6.07) is 0.304. The largest absolute Gasteiger partial charge is 0.505 e. The fourth-order valence-electron chi connectivity index (χ4n) is 1.15. The topological polar surface area (TPSA) is 66.5 Å². The Kier molecular flexibility index (Phi) is 3.03. The monoisotopic (exact) mass is 203 g/mol. The molecule has 5 heteroatoms. The van der Waals surface area contributed by atoms with E-state index < -0.39 is 30.0 Å². The highest BCUT2D eigenvalue weighted by Crippen LogP contribution is 2.29. The molecule has 4 N–H and O–H groups in total. The van der Waals surface area contributed by atoms with Crippen LogP contribution in [0.4, 0.5) is 8.78 Å². The van der Waals surface area contributed by atoms with Gasteiger partial charge in [0.05, 0.1) is 12.6 Å². The average Bonchev–Trinajstić information content (AvgIpc) is 2.19. The lowest BCUT2D eigenvalue weighted by Crippen LogP contribution is -2.15. The van der Waals surface area contributed by atoms with Crippen molar-refractivity contribution in [3.63, 3.8) is 0 Å². The number of aryl methyl sites for hydroxylation is 1. The predicted molar refractivity (Wildman–Crippen MR) is 46.8 cm³/mol.